The largest absolute Gasteiger partial charge is 0.497 e. The number of aliphatic hydroxyl groups excluding tert-OH is 1. The summed E-state index contributed by atoms with van der Waals surface area (Å²) in [4.78, 5) is 18.3. The number of hydrogen-bond donors (Lipinski definition) is 1. The van der Waals surface area contributed by atoms with Crippen LogP contribution in [-0.2, 0) is 0 Å². The first-order chi connectivity index (χ1) is 14.7. The van der Waals surface area contributed by atoms with Crippen molar-refractivity contribution in [3.63, 3.8) is 0 Å². The lowest BCUT2D eigenvalue weighted by atomic mass is 9.75. The number of ether oxygens (including phenoxy) is 1. The first kappa shape index (κ1) is 19.6. The summed E-state index contributed by atoms with van der Waals surface area (Å²) in [6.07, 6.45) is 1.54. The molecule has 30 heavy (non-hydrogen) atoms. The third kappa shape index (κ3) is 3.40. The van der Waals surface area contributed by atoms with Gasteiger partial charge in [0.05, 0.1) is 25.8 Å². The Bertz CT molecular complexity index is 1080. The predicted molar refractivity (Wildman–Crippen MR) is 112 cm³/mol. The molecule has 1 saturated heterocycles. The second kappa shape index (κ2) is 8.36. The molecule has 150 valence electrons. The van der Waals surface area contributed by atoms with Crippen LogP contribution in [0.5, 0.6) is 5.75 Å². The minimum atomic E-state index is -0.653. The van der Waals surface area contributed by atoms with Crippen molar-refractivity contribution in [1.82, 2.24) is 9.88 Å². The summed E-state index contributed by atoms with van der Waals surface area (Å²) in [6.45, 7) is -0.223. The van der Waals surface area contributed by atoms with Gasteiger partial charge in [0.2, 0.25) is 0 Å². The molecule has 6 nitrogen and oxygen atoms in total. The number of likely N-dealkylation sites (tertiary alicyclic amines) is 1. The zero-order valence-electron chi connectivity index (χ0n) is 16.5. The van der Waals surface area contributed by atoms with Crippen molar-refractivity contribution >= 4 is 5.91 Å². The molecule has 0 saturated carbocycles. The fraction of sp³-hybridized carbons (Fsp3) is 0.208. The molecule has 0 spiro atoms. The Morgan fingerprint density at radius 3 is 2.57 bits per heavy atom. The predicted octanol–water partition coefficient (Wildman–Crippen LogP) is 3.25. The van der Waals surface area contributed by atoms with Crippen molar-refractivity contribution < 1.29 is 14.6 Å². The zero-order valence-corrected chi connectivity index (χ0v) is 16.5. The van der Waals surface area contributed by atoms with E-state index in [2.05, 4.69) is 11.1 Å². The number of aromatic nitrogens is 1. The molecule has 0 radical (unpaired) electrons. The number of methoxy groups -OCH3 is 1. The van der Waals surface area contributed by atoms with E-state index >= 15 is 0 Å². The number of carbonyl (C=O) groups is 1. The van der Waals surface area contributed by atoms with Crippen LogP contribution >= 0.6 is 0 Å². The van der Waals surface area contributed by atoms with Gasteiger partial charge in [-0.15, -0.1) is 0 Å². The summed E-state index contributed by atoms with van der Waals surface area (Å²) in [5, 5.41) is 19.7. The summed E-state index contributed by atoms with van der Waals surface area (Å²) in [5.41, 5.74) is 3.23. The third-order valence-corrected chi connectivity index (χ3v) is 5.55. The molecule has 1 aliphatic heterocycles. The first-order valence-corrected chi connectivity index (χ1v) is 9.66. The fourth-order valence-corrected chi connectivity index (χ4v) is 4.01. The van der Waals surface area contributed by atoms with Crippen LogP contribution in [0.25, 0.3) is 11.1 Å². The highest BCUT2D eigenvalue weighted by Crippen LogP contribution is 2.41. The quantitative estimate of drug-likeness (QED) is 0.712. The Labute approximate surface area is 175 Å². The lowest BCUT2D eigenvalue weighted by Gasteiger charge is -2.51. The van der Waals surface area contributed by atoms with Crippen molar-refractivity contribution in [2.45, 2.75) is 18.0 Å². The standard InChI is InChI=1S/C24H21N3O3/c1-30-19-6-4-5-18(13-19)16-8-10-17(11-9-16)23-21(14-25)27(22(23)15-28)24(29)20-7-2-3-12-26-20/h2-13,21-23,28H,15H2,1H3/t21-,22+,23-/m1/s1. The van der Waals surface area contributed by atoms with Gasteiger partial charge >= 0.3 is 0 Å². The number of rotatable bonds is 5. The molecule has 1 N–H and O–H groups in total. The lowest BCUT2D eigenvalue weighted by Crippen LogP contribution is -2.65. The smallest absolute Gasteiger partial charge is 0.273 e. The van der Waals surface area contributed by atoms with E-state index in [1.165, 1.54) is 11.1 Å². The number of nitrogens with zero attached hydrogens (tertiary/aromatic N) is 3. The SMILES string of the molecule is COc1cccc(-c2ccc([C@@H]3[C@@H](C#N)N(C(=O)c4ccccn4)[C@H]3CO)cc2)c1. The molecular formula is C24H21N3O3. The average Bonchev–Trinajstić information content (AvgIpc) is 2.80. The fourth-order valence-electron chi connectivity index (χ4n) is 4.01. The highest BCUT2D eigenvalue weighted by atomic mass is 16.5. The van der Waals surface area contributed by atoms with Gasteiger partial charge in [-0.05, 0) is 41.0 Å². The van der Waals surface area contributed by atoms with E-state index in [9.17, 15) is 15.2 Å². The van der Waals surface area contributed by atoms with Gasteiger partial charge in [0.1, 0.15) is 17.5 Å². The average molecular weight is 399 g/mol. The van der Waals surface area contributed by atoms with Gasteiger partial charge in [-0.3, -0.25) is 9.78 Å². The molecule has 4 rings (SSSR count). The highest BCUT2D eigenvalue weighted by Gasteiger charge is 2.52. The number of pyridine rings is 1. The minimum absolute atomic E-state index is 0.223. The monoisotopic (exact) mass is 399 g/mol. The molecule has 0 unspecified atom stereocenters. The first-order valence-electron chi connectivity index (χ1n) is 9.66. The van der Waals surface area contributed by atoms with Crippen LogP contribution < -0.4 is 4.74 Å². The summed E-state index contributed by atoms with van der Waals surface area (Å²) < 4.78 is 5.29. The molecule has 2 heterocycles. The second-order valence-corrected chi connectivity index (χ2v) is 7.13. The number of amides is 1. The Morgan fingerprint density at radius 2 is 1.93 bits per heavy atom. The lowest BCUT2D eigenvalue weighted by molar-refractivity contribution is -0.00629. The van der Waals surface area contributed by atoms with E-state index in [0.29, 0.717) is 0 Å². The Hall–Kier alpha value is -3.69. The van der Waals surface area contributed by atoms with Gasteiger partial charge in [0, 0.05) is 12.1 Å². The zero-order chi connectivity index (χ0) is 21.1. The molecule has 3 atom stereocenters. The molecule has 1 fully saturated rings. The Kier molecular flexibility index (Phi) is 5.46. The summed E-state index contributed by atoms with van der Waals surface area (Å²) >= 11 is 0. The van der Waals surface area contributed by atoms with Crippen LogP contribution in [0.1, 0.15) is 22.0 Å². The molecule has 6 heteroatoms. The van der Waals surface area contributed by atoms with E-state index in [1.54, 1.807) is 25.3 Å². The van der Waals surface area contributed by atoms with E-state index in [0.717, 1.165) is 22.4 Å². The van der Waals surface area contributed by atoms with Crippen LogP contribution in [0.3, 0.4) is 0 Å². The Balaban J connectivity index is 1.59. The van der Waals surface area contributed by atoms with Crippen molar-refractivity contribution in [2.24, 2.45) is 0 Å². The third-order valence-electron chi connectivity index (χ3n) is 5.55. The molecule has 1 amide bonds. The molecule has 3 aromatic rings. The van der Waals surface area contributed by atoms with Crippen LogP contribution in [-0.4, -0.2) is 46.7 Å². The normalized spacial score (nSPS) is 20.2. The molecule has 0 aliphatic carbocycles. The van der Waals surface area contributed by atoms with Crippen molar-refractivity contribution in [3.05, 3.63) is 84.2 Å². The summed E-state index contributed by atoms with van der Waals surface area (Å²) in [5.74, 6) is 0.182. The number of aliphatic hydroxyl groups is 1. The van der Waals surface area contributed by atoms with E-state index in [-0.39, 0.29) is 24.1 Å². The highest BCUT2D eigenvalue weighted by molar-refractivity contribution is 5.94. The maximum atomic E-state index is 12.8. The van der Waals surface area contributed by atoms with Gasteiger partial charge < -0.3 is 14.7 Å². The molecule has 1 aromatic heterocycles. The molecule has 2 aromatic carbocycles. The van der Waals surface area contributed by atoms with Gasteiger partial charge in [-0.1, -0.05) is 42.5 Å². The van der Waals surface area contributed by atoms with Crippen molar-refractivity contribution in [2.75, 3.05) is 13.7 Å². The number of nitriles is 1. The van der Waals surface area contributed by atoms with E-state index < -0.39 is 12.1 Å². The van der Waals surface area contributed by atoms with Gasteiger partial charge in [0.25, 0.3) is 5.91 Å². The van der Waals surface area contributed by atoms with Gasteiger partial charge in [-0.2, -0.15) is 5.26 Å². The van der Waals surface area contributed by atoms with Crippen molar-refractivity contribution in [1.29, 1.82) is 5.26 Å². The summed E-state index contributed by atoms with van der Waals surface area (Å²) in [6, 6.07) is 21.8. The van der Waals surface area contributed by atoms with E-state index in [1.807, 2.05) is 48.5 Å². The maximum Gasteiger partial charge on any atom is 0.273 e. The van der Waals surface area contributed by atoms with Crippen molar-refractivity contribution in [3.8, 4) is 22.9 Å². The molecular weight excluding hydrogens is 378 g/mol. The minimum Gasteiger partial charge on any atom is -0.497 e. The van der Waals surface area contributed by atoms with E-state index in [4.69, 9.17) is 4.74 Å². The van der Waals surface area contributed by atoms with Gasteiger partial charge in [-0.25, -0.2) is 0 Å². The Morgan fingerprint density at radius 1 is 1.13 bits per heavy atom. The topological polar surface area (TPSA) is 86.5 Å². The van der Waals surface area contributed by atoms with Crippen LogP contribution in [0.2, 0.25) is 0 Å². The maximum absolute atomic E-state index is 12.8. The van der Waals surface area contributed by atoms with Crippen LogP contribution in [0.4, 0.5) is 0 Å². The number of benzene rings is 2. The van der Waals surface area contributed by atoms with Crippen LogP contribution in [0.15, 0.2) is 72.9 Å². The molecule has 1 aliphatic rings. The number of carbonyl (C=O) groups excluding carboxylic acids is 1. The van der Waals surface area contributed by atoms with Crippen LogP contribution in [0, 0.1) is 11.3 Å². The second-order valence-electron chi connectivity index (χ2n) is 7.13. The molecule has 0 bridgehead atoms. The summed E-state index contributed by atoms with van der Waals surface area (Å²) in [7, 11) is 1.63. The number of hydrogen-bond acceptors (Lipinski definition) is 5. The van der Waals surface area contributed by atoms with Gasteiger partial charge in [0.15, 0.2) is 0 Å².